The highest BCUT2D eigenvalue weighted by Gasteiger charge is 2.53. The molecular formula is C43H32N2. The molecular weight excluding hydrogens is 544 g/mol. The fourth-order valence-electron chi connectivity index (χ4n) is 7.39. The van der Waals surface area contributed by atoms with Gasteiger partial charge in [0.1, 0.15) is 0 Å². The number of benzene rings is 6. The average Bonchev–Trinajstić information content (AvgIpc) is 3.37. The van der Waals surface area contributed by atoms with E-state index in [0.717, 1.165) is 28.2 Å². The number of allylic oxidation sites excluding steroid dienone is 2. The topological polar surface area (TPSA) is 15.6 Å². The lowest BCUT2D eigenvalue weighted by atomic mass is 9.62. The van der Waals surface area contributed by atoms with Crippen molar-refractivity contribution < 1.29 is 0 Å². The van der Waals surface area contributed by atoms with Crippen LogP contribution in [0.2, 0.25) is 0 Å². The third kappa shape index (κ3) is 4.07. The minimum Gasteiger partial charge on any atom is -0.310 e. The van der Waals surface area contributed by atoms with Gasteiger partial charge < -0.3 is 4.90 Å². The van der Waals surface area contributed by atoms with Gasteiger partial charge in [0, 0.05) is 16.8 Å². The van der Waals surface area contributed by atoms with Crippen LogP contribution in [-0.2, 0) is 5.41 Å². The molecule has 0 fully saturated rings. The predicted molar refractivity (Wildman–Crippen MR) is 188 cm³/mol. The summed E-state index contributed by atoms with van der Waals surface area (Å²) in [4.78, 5) is 7.86. The Morgan fingerprint density at radius 1 is 0.533 bits per heavy atom. The van der Waals surface area contributed by atoms with Crippen molar-refractivity contribution in [1.82, 2.24) is 0 Å². The van der Waals surface area contributed by atoms with E-state index >= 15 is 0 Å². The summed E-state index contributed by atoms with van der Waals surface area (Å²) in [5.41, 5.74) is 14.0. The summed E-state index contributed by atoms with van der Waals surface area (Å²) in [6.45, 7) is 6.76. The Labute approximate surface area is 265 Å². The molecule has 1 aliphatic carbocycles. The molecule has 6 aromatic rings. The fourth-order valence-corrected chi connectivity index (χ4v) is 7.39. The average molecular weight is 577 g/mol. The molecule has 0 unspecified atom stereocenters. The van der Waals surface area contributed by atoms with Gasteiger partial charge in [0.05, 0.1) is 28.2 Å². The molecule has 2 aliphatic rings. The molecule has 0 aromatic heterocycles. The highest BCUT2D eigenvalue weighted by molar-refractivity contribution is 6.23. The summed E-state index contributed by atoms with van der Waals surface area (Å²) >= 11 is 0. The number of nitrogens with zero attached hydrogens (tertiary/aromatic N) is 2. The lowest BCUT2D eigenvalue weighted by Gasteiger charge is -2.46. The molecule has 0 atom stereocenters. The summed E-state index contributed by atoms with van der Waals surface area (Å²) in [7, 11) is 0. The fraction of sp³-hybridized carbons (Fsp3) is 0.0465. The number of fused-ring (bicyclic) bond motifs is 6. The van der Waals surface area contributed by atoms with Gasteiger partial charge in [-0.2, -0.15) is 0 Å². The first-order valence-electron chi connectivity index (χ1n) is 15.4. The normalized spacial score (nSPS) is 14.6. The number of aliphatic imine (C=N–C) groups is 1. The zero-order valence-corrected chi connectivity index (χ0v) is 25.2. The Bertz CT molecular complexity index is 2070. The van der Waals surface area contributed by atoms with Crippen LogP contribution >= 0.6 is 0 Å². The van der Waals surface area contributed by atoms with Crippen LogP contribution < -0.4 is 4.90 Å². The first-order valence-corrected chi connectivity index (χ1v) is 15.4. The van der Waals surface area contributed by atoms with E-state index in [2.05, 4.69) is 164 Å². The molecule has 1 aliphatic heterocycles. The van der Waals surface area contributed by atoms with E-state index in [1.165, 1.54) is 44.8 Å². The van der Waals surface area contributed by atoms with Crippen LogP contribution in [0.1, 0.15) is 40.3 Å². The summed E-state index contributed by atoms with van der Waals surface area (Å²) in [6.07, 6.45) is 0. The van der Waals surface area contributed by atoms with Gasteiger partial charge in [-0.1, -0.05) is 146 Å². The van der Waals surface area contributed by atoms with E-state index < -0.39 is 5.41 Å². The van der Waals surface area contributed by atoms with Crippen molar-refractivity contribution in [1.29, 1.82) is 0 Å². The van der Waals surface area contributed by atoms with E-state index in [9.17, 15) is 0 Å². The zero-order valence-electron chi connectivity index (χ0n) is 25.2. The molecule has 1 spiro atoms. The van der Waals surface area contributed by atoms with E-state index in [1.807, 2.05) is 18.2 Å². The Balaban J connectivity index is 1.50. The Hall–Kier alpha value is -5.73. The summed E-state index contributed by atoms with van der Waals surface area (Å²) in [5.74, 6) is 0. The van der Waals surface area contributed by atoms with Crippen LogP contribution in [0, 0.1) is 0 Å². The van der Waals surface area contributed by atoms with Gasteiger partial charge in [0.2, 0.25) is 0 Å². The quantitative estimate of drug-likeness (QED) is 0.186. The molecule has 1 heterocycles. The second-order valence-electron chi connectivity index (χ2n) is 11.6. The van der Waals surface area contributed by atoms with Gasteiger partial charge in [-0.25, -0.2) is 4.99 Å². The summed E-state index contributed by atoms with van der Waals surface area (Å²) in [6, 6.07) is 58.3. The Morgan fingerprint density at radius 2 is 1.00 bits per heavy atom. The third-order valence-corrected chi connectivity index (χ3v) is 9.24. The van der Waals surface area contributed by atoms with Crippen molar-refractivity contribution in [2.75, 3.05) is 4.90 Å². The van der Waals surface area contributed by atoms with E-state index in [0.29, 0.717) is 0 Å². The molecule has 2 nitrogen and oxygen atoms in total. The van der Waals surface area contributed by atoms with E-state index in [-0.39, 0.29) is 0 Å². The van der Waals surface area contributed by atoms with Gasteiger partial charge in [0.25, 0.3) is 0 Å². The van der Waals surface area contributed by atoms with Gasteiger partial charge >= 0.3 is 0 Å². The molecule has 0 bridgehead atoms. The van der Waals surface area contributed by atoms with Crippen LogP contribution in [0.15, 0.2) is 181 Å². The maximum absolute atomic E-state index is 5.46. The molecule has 0 N–H and O–H groups in total. The first kappa shape index (κ1) is 26.9. The SMILES string of the molecule is C=C(/N=C(\C1=C(C)c2ccccc2C12c1ccccc1N(c1ccccc1)c1ccccc12)c1ccccc1)c1ccccc1. The van der Waals surface area contributed by atoms with Gasteiger partial charge in [-0.3, -0.25) is 0 Å². The molecule has 0 amide bonds. The molecule has 0 saturated heterocycles. The van der Waals surface area contributed by atoms with Crippen LogP contribution in [0.3, 0.4) is 0 Å². The lowest BCUT2D eigenvalue weighted by Crippen LogP contribution is -2.39. The number of rotatable bonds is 5. The van der Waals surface area contributed by atoms with Crippen molar-refractivity contribution in [3.8, 4) is 0 Å². The predicted octanol–water partition coefficient (Wildman–Crippen LogP) is 10.8. The van der Waals surface area contributed by atoms with Crippen LogP contribution in [0.25, 0.3) is 11.3 Å². The summed E-state index contributed by atoms with van der Waals surface area (Å²) in [5, 5.41) is 0. The highest BCUT2D eigenvalue weighted by atomic mass is 15.2. The maximum atomic E-state index is 5.46. The zero-order chi connectivity index (χ0) is 30.4. The largest absolute Gasteiger partial charge is 0.310 e. The standard InChI is InChI=1S/C43H32N2/c1-30-35-24-12-13-25-36(35)43(41(30)42(33-20-8-4-9-21-33)44-31(2)32-18-6-3-7-19-32)37-26-14-16-28-39(37)45(34-22-10-5-11-23-34)40-29-17-15-27-38(40)43/h3-29H,2H2,1H3/b44-42-. The number of hydrogen-bond donors (Lipinski definition) is 0. The van der Waals surface area contributed by atoms with E-state index in [4.69, 9.17) is 4.99 Å². The van der Waals surface area contributed by atoms with Crippen molar-refractivity contribution in [3.05, 3.63) is 209 Å². The van der Waals surface area contributed by atoms with Crippen molar-refractivity contribution in [3.63, 3.8) is 0 Å². The molecule has 6 aromatic carbocycles. The number of para-hydroxylation sites is 3. The van der Waals surface area contributed by atoms with E-state index in [1.54, 1.807) is 0 Å². The minimum atomic E-state index is -0.606. The summed E-state index contributed by atoms with van der Waals surface area (Å²) < 4.78 is 0. The number of anilines is 3. The van der Waals surface area contributed by atoms with Crippen LogP contribution in [0.4, 0.5) is 17.1 Å². The highest BCUT2D eigenvalue weighted by Crippen LogP contribution is 2.63. The number of hydrogen-bond acceptors (Lipinski definition) is 2. The smallest absolute Gasteiger partial charge is 0.0772 e. The second-order valence-corrected chi connectivity index (χ2v) is 11.6. The van der Waals surface area contributed by atoms with Crippen LogP contribution in [0.5, 0.6) is 0 Å². The van der Waals surface area contributed by atoms with Crippen molar-refractivity contribution in [2.24, 2.45) is 4.99 Å². The lowest BCUT2D eigenvalue weighted by molar-refractivity contribution is 0.754. The molecule has 8 rings (SSSR count). The first-order chi connectivity index (χ1) is 22.2. The molecule has 45 heavy (non-hydrogen) atoms. The molecule has 2 heteroatoms. The molecule has 0 saturated carbocycles. The second kappa shape index (κ2) is 10.8. The Morgan fingerprint density at radius 3 is 1.60 bits per heavy atom. The Kier molecular flexibility index (Phi) is 6.43. The maximum Gasteiger partial charge on any atom is 0.0772 e. The van der Waals surface area contributed by atoms with Crippen molar-refractivity contribution >= 4 is 34.0 Å². The monoisotopic (exact) mass is 576 g/mol. The minimum absolute atomic E-state index is 0.606. The van der Waals surface area contributed by atoms with Crippen LogP contribution in [-0.4, -0.2) is 5.71 Å². The van der Waals surface area contributed by atoms with Gasteiger partial charge in [-0.05, 0) is 64.6 Å². The van der Waals surface area contributed by atoms with Crippen molar-refractivity contribution in [2.45, 2.75) is 12.3 Å². The molecule has 0 radical (unpaired) electrons. The third-order valence-electron chi connectivity index (χ3n) is 9.24. The molecule has 214 valence electrons. The van der Waals surface area contributed by atoms with Gasteiger partial charge in [0.15, 0.2) is 0 Å². The van der Waals surface area contributed by atoms with Gasteiger partial charge in [-0.15, -0.1) is 0 Å².